The van der Waals surface area contributed by atoms with Crippen LogP contribution in [0.2, 0.25) is 0 Å². The number of nitrogens with one attached hydrogen (secondary N) is 1. The van der Waals surface area contributed by atoms with Gasteiger partial charge in [0.2, 0.25) is 0 Å². The molecule has 0 saturated carbocycles. The average Bonchev–Trinajstić information content (AvgIpc) is 2.28. The Morgan fingerprint density at radius 3 is 2.76 bits per heavy atom. The van der Waals surface area contributed by atoms with E-state index in [1.165, 1.54) is 6.07 Å². The molecule has 0 spiro atoms. The zero-order valence-corrected chi connectivity index (χ0v) is 9.36. The van der Waals surface area contributed by atoms with Crippen molar-refractivity contribution in [3.05, 3.63) is 30.3 Å². The Morgan fingerprint density at radius 2 is 2.12 bits per heavy atom. The highest BCUT2D eigenvalue weighted by Gasteiger charge is 2.09. The number of anilines is 1. The Labute approximate surface area is 99.4 Å². The average molecular weight is 250 g/mol. The lowest BCUT2D eigenvalue weighted by atomic mass is 10.1. The Morgan fingerprint density at radius 1 is 1.35 bits per heavy atom. The fourth-order valence-electron chi connectivity index (χ4n) is 1.55. The van der Waals surface area contributed by atoms with E-state index in [1.807, 2.05) is 0 Å². The second-order valence-electron chi connectivity index (χ2n) is 3.29. The topological polar surface area (TPSA) is 112 Å². The summed E-state index contributed by atoms with van der Waals surface area (Å²) in [4.78, 5) is 0. The van der Waals surface area contributed by atoms with Crippen molar-refractivity contribution in [2.24, 2.45) is 5.11 Å². The lowest BCUT2D eigenvalue weighted by molar-refractivity contribution is 0.442. The molecular weight excluding hydrogens is 242 g/mol. The van der Waals surface area contributed by atoms with Crippen LogP contribution < -0.4 is 9.92 Å². The molecule has 88 valence electrons. The second kappa shape index (κ2) is 4.48. The van der Waals surface area contributed by atoms with Crippen LogP contribution in [-0.2, 0) is 11.4 Å². The minimum atomic E-state index is -2.71. The molecule has 17 heavy (non-hydrogen) atoms. The number of nitrogens with two attached hydrogens (primary N) is 1. The molecule has 0 heterocycles. The normalized spacial score (nSPS) is 12.3. The van der Waals surface area contributed by atoms with E-state index in [0.29, 0.717) is 11.1 Å². The monoisotopic (exact) mass is 250 g/mol. The van der Waals surface area contributed by atoms with Crippen molar-refractivity contribution in [1.29, 1.82) is 5.53 Å². The molecule has 0 aliphatic heterocycles. The van der Waals surface area contributed by atoms with E-state index in [1.54, 1.807) is 24.3 Å². The van der Waals surface area contributed by atoms with Crippen LogP contribution in [0.1, 0.15) is 0 Å². The van der Waals surface area contributed by atoms with E-state index >= 15 is 0 Å². The molecule has 0 radical (unpaired) electrons. The van der Waals surface area contributed by atoms with Crippen LogP contribution in [0.25, 0.3) is 10.8 Å². The molecule has 2 aromatic rings. The van der Waals surface area contributed by atoms with Crippen LogP contribution >= 0.6 is 0 Å². The van der Waals surface area contributed by atoms with Gasteiger partial charge in [-0.25, -0.2) is 9.74 Å². The van der Waals surface area contributed by atoms with Crippen LogP contribution in [0.4, 0.5) is 11.4 Å². The molecule has 0 amide bonds. The third kappa shape index (κ3) is 2.24. The van der Waals surface area contributed by atoms with Gasteiger partial charge in [0.15, 0.2) is 5.75 Å². The number of nitrogen functional groups attached to an aromatic ring is 1. The summed E-state index contributed by atoms with van der Waals surface area (Å²) < 4.78 is 25.8. The maximum Gasteiger partial charge on any atom is 0.174 e. The van der Waals surface area contributed by atoms with Crippen molar-refractivity contribution in [3.8, 4) is 5.75 Å². The third-order valence-corrected chi connectivity index (χ3v) is 2.55. The summed E-state index contributed by atoms with van der Waals surface area (Å²) in [5.41, 5.74) is 13.3. The van der Waals surface area contributed by atoms with Crippen LogP contribution in [-0.4, -0.2) is 8.76 Å². The van der Waals surface area contributed by atoms with Gasteiger partial charge in [0.25, 0.3) is 0 Å². The first kappa shape index (κ1) is 11.5. The Kier molecular flexibility index (Phi) is 3.03. The quantitative estimate of drug-likeness (QED) is 0.494. The van der Waals surface area contributed by atoms with Gasteiger partial charge < -0.3 is 14.5 Å². The molecule has 7 heteroatoms. The zero-order chi connectivity index (χ0) is 12.4. The fourth-order valence-corrected chi connectivity index (χ4v) is 1.86. The standard InChI is InChI=1S/C10H9N3O3S/c11-7-2-3-8-6(5-7)1-4-9(13-12)10(8)16-17(14)15/h1-5,12H,11H2,(H,14,15)/p-1. The van der Waals surface area contributed by atoms with E-state index in [2.05, 4.69) is 9.30 Å². The van der Waals surface area contributed by atoms with E-state index in [4.69, 9.17) is 11.3 Å². The van der Waals surface area contributed by atoms with Gasteiger partial charge in [0.1, 0.15) is 17.0 Å². The van der Waals surface area contributed by atoms with Gasteiger partial charge in [-0.2, -0.15) is 5.11 Å². The molecule has 2 aromatic carbocycles. The number of benzene rings is 2. The number of fused-ring (bicyclic) bond motifs is 1. The summed E-state index contributed by atoms with van der Waals surface area (Å²) in [5.74, 6) is 0.0332. The summed E-state index contributed by atoms with van der Waals surface area (Å²) in [5, 5.41) is 4.48. The summed E-state index contributed by atoms with van der Waals surface area (Å²) in [6, 6.07) is 8.12. The van der Waals surface area contributed by atoms with Gasteiger partial charge in [0.05, 0.1) is 0 Å². The van der Waals surface area contributed by atoms with Crippen LogP contribution in [0.3, 0.4) is 0 Å². The van der Waals surface area contributed by atoms with Crippen molar-refractivity contribution in [2.75, 3.05) is 5.73 Å². The number of hydrogen-bond acceptors (Lipinski definition) is 6. The minimum Gasteiger partial charge on any atom is -0.740 e. The minimum absolute atomic E-state index is 0.0332. The molecule has 1 atom stereocenters. The summed E-state index contributed by atoms with van der Waals surface area (Å²) in [6.07, 6.45) is 0. The van der Waals surface area contributed by atoms with E-state index in [0.717, 1.165) is 5.39 Å². The Hall–Kier alpha value is -1.99. The molecule has 0 bridgehead atoms. The van der Waals surface area contributed by atoms with Gasteiger partial charge in [0, 0.05) is 11.1 Å². The van der Waals surface area contributed by atoms with Gasteiger partial charge in [-0.15, -0.1) is 0 Å². The van der Waals surface area contributed by atoms with Crippen molar-refractivity contribution in [3.63, 3.8) is 0 Å². The molecule has 1 unspecified atom stereocenters. The Bertz CT molecular complexity index is 615. The number of rotatable bonds is 3. The summed E-state index contributed by atoms with van der Waals surface area (Å²) in [7, 11) is 0. The maximum absolute atomic E-state index is 10.6. The van der Waals surface area contributed by atoms with Crippen molar-refractivity contribution in [2.45, 2.75) is 0 Å². The van der Waals surface area contributed by atoms with Gasteiger partial charge in [-0.1, -0.05) is 6.07 Å². The van der Waals surface area contributed by atoms with E-state index in [-0.39, 0.29) is 11.4 Å². The first-order valence-corrected chi connectivity index (χ1v) is 5.59. The van der Waals surface area contributed by atoms with Gasteiger partial charge in [-0.05, 0) is 29.7 Å². The largest absolute Gasteiger partial charge is 0.740 e. The highest BCUT2D eigenvalue weighted by Crippen LogP contribution is 2.36. The molecule has 0 aliphatic carbocycles. The highest BCUT2D eigenvalue weighted by atomic mass is 32.2. The van der Waals surface area contributed by atoms with Gasteiger partial charge >= 0.3 is 0 Å². The lowest BCUT2D eigenvalue weighted by Crippen LogP contribution is -1.99. The fraction of sp³-hybridized carbons (Fsp3) is 0. The van der Waals surface area contributed by atoms with Crippen molar-refractivity contribution in [1.82, 2.24) is 0 Å². The van der Waals surface area contributed by atoms with Crippen molar-refractivity contribution < 1.29 is 12.9 Å². The molecule has 0 aromatic heterocycles. The van der Waals surface area contributed by atoms with E-state index < -0.39 is 11.4 Å². The molecule has 0 aliphatic rings. The third-order valence-electron chi connectivity index (χ3n) is 2.25. The summed E-state index contributed by atoms with van der Waals surface area (Å²) >= 11 is -2.71. The predicted molar refractivity (Wildman–Crippen MR) is 62.7 cm³/mol. The molecule has 2 rings (SSSR count). The predicted octanol–water partition coefficient (Wildman–Crippen LogP) is 2.26. The van der Waals surface area contributed by atoms with Crippen molar-refractivity contribution >= 4 is 33.5 Å². The molecule has 0 saturated heterocycles. The van der Waals surface area contributed by atoms with Gasteiger partial charge in [-0.3, -0.25) is 0 Å². The van der Waals surface area contributed by atoms with E-state index in [9.17, 15) is 8.76 Å². The SMILES string of the molecule is N=Nc1ccc2cc(N)ccc2c1OS(=O)[O-]. The number of hydrogen-bond donors (Lipinski definition) is 2. The molecule has 3 N–H and O–H groups in total. The second-order valence-corrected chi connectivity index (χ2v) is 3.87. The maximum atomic E-state index is 10.6. The molecule has 6 nitrogen and oxygen atoms in total. The molecular formula is C10H8N3O3S-. The Balaban J connectivity index is 2.73. The smallest absolute Gasteiger partial charge is 0.174 e. The van der Waals surface area contributed by atoms with Crippen LogP contribution in [0.15, 0.2) is 35.4 Å². The summed E-state index contributed by atoms with van der Waals surface area (Å²) in [6.45, 7) is 0. The first-order valence-electron chi connectivity index (χ1n) is 4.59. The number of nitrogens with zero attached hydrogens (tertiary/aromatic N) is 1. The zero-order valence-electron chi connectivity index (χ0n) is 8.54. The highest BCUT2D eigenvalue weighted by molar-refractivity contribution is 7.74. The molecule has 0 fully saturated rings. The van der Waals surface area contributed by atoms with Crippen LogP contribution in [0.5, 0.6) is 5.75 Å². The lowest BCUT2D eigenvalue weighted by Gasteiger charge is -2.12. The first-order chi connectivity index (χ1) is 8.11. The van der Waals surface area contributed by atoms with Crippen LogP contribution in [0, 0.1) is 5.53 Å².